The van der Waals surface area contributed by atoms with Crippen molar-refractivity contribution in [2.75, 3.05) is 47.6 Å². The maximum atomic E-state index is 14.9. The third-order valence-corrected chi connectivity index (χ3v) is 19.1. The summed E-state index contributed by atoms with van der Waals surface area (Å²) in [5.74, 6) is 0.201. The van der Waals surface area contributed by atoms with Crippen molar-refractivity contribution in [2.24, 2.45) is 4.99 Å². The number of aliphatic hydroxyl groups is 2. The van der Waals surface area contributed by atoms with Crippen LogP contribution in [0.1, 0.15) is 59.1 Å². The molecule has 81 heavy (non-hydrogen) atoms. The predicted molar refractivity (Wildman–Crippen MR) is 298 cm³/mol. The number of fused-ring (bicyclic) bond motifs is 2. The summed E-state index contributed by atoms with van der Waals surface area (Å²) in [6.45, 7) is 8.51. The molecule has 5 aromatic rings. The Morgan fingerprint density at radius 1 is 0.580 bits per heavy atom. The van der Waals surface area contributed by atoms with Gasteiger partial charge >= 0.3 is 0 Å². The van der Waals surface area contributed by atoms with E-state index in [0.29, 0.717) is 36.8 Å². The molecule has 8 rings (SSSR count). The molecule has 1 aliphatic heterocycles. The van der Waals surface area contributed by atoms with Crippen molar-refractivity contribution in [3.63, 3.8) is 0 Å². The molecule has 0 amide bonds. The van der Waals surface area contributed by atoms with Gasteiger partial charge in [0.15, 0.2) is 0 Å². The molecule has 1 fully saturated rings. The van der Waals surface area contributed by atoms with Crippen LogP contribution in [0.15, 0.2) is 94.6 Å². The number of hydrogen-bond donors (Lipinski definition) is 11. The number of aryl methyl sites for hydroxylation is 4. The molecule has 434 valence electrons. The molecule has 0 spiro atoms. The zero-order valence-electron chi connectivity index (χ0n) is 44.1. The van der Waals surface area contributed by atoms with Crippen LogP contribution in [0.3, 0.4) is 0 Å². The Kier molecular flexibility index (Phi) is 17.1. The summed E-state index contributed by atoms with van der Waals surface area (Å²) >= 11 is 0. The lowest BCUT2D eigenvalue weighted by molar-refractivity contribution is 0.310. The van der Waals surface area contributed by atoms with Gasteiger partial charge in [-0.15, -0.1) is 0 Å². The van der Waals surface area contributed by atoms with Crippen LogP contribution in [-0.4, -0.2) is 124 Å². The van der Waals surface area contributed by atoms with Crippen molar-refractivity contribution in [3.05, 3.63) is 99.4 Å². The zero-order chi connectivity index (χ0) is 59.3. The predicted octanol–water partition coefficient (Wildman–Crippen LogP) is 5.71. The molecule has 11 N–H and O–H groups in total. The number of nitrogens with zero attached hydrogens (tertiary/aromatic N) is 4. The van der Waals surface area contributed by atoms with Gasteiger partial charge in [-0.05, 0) is 119 Å². The van der Waals surface area contributed by atoms with Crippen LogP contribution in [-0.2, 0) is 50.5 Å². The van der Waals surface area contributed by atoms with E-state index >= 15 is 0 Å². The molecular weight excluding hydrogens is 1160 g/mol. The minimum atomic E-state index is -5.34. The molecule has 3 aliphatic rings. The Bertz CT molecular complexity index is 4280. The smallest absolute Gasteiger partial charge is 0.296 e. The summed E-state index contributed by atoms with van der Waals surface area (Å²) in [7, 11) is -25.0. The quantitative estimate of drug-likeness (QED) is 0.0341. The first-order chi connectivity index (χ1) is 37.8. The molecule has 0 bridgehead atoms. The van der Waals surface area contributed by atoms with Gasteiger partial charge in [-0.2, -0.15) is 48.6 Å². The van der Waals surface area contributed by atoms with E-state index in [4.69, 9.17) is 4.42 Å². The molecule has 31 heteroatoms. The second kappa shape index (κ2) is 22.9. The number of nitrogens with one attached hydrogen (secondary N) is 5. The van der Waals surface area contributed by atoms with Gasteiger partial charge in [0.25, 0.3) is 40.5 Å². The highest BCUT2D eigenvalue weighted by molar-refractivity contribution is 7.89. The van der Waals surface area contributed by atoms with Crippen LogP contribution in [0.4, 0.5) is 34.9 Å². The zero-order valence-corrected chi connectivity index (χ0v) is 48.2. The normalized spacial score (nSPS) is 15.8. The van der Waals surface area contributed by atoms with Crippen LogP contribution in [0.5, 0.6) is 0 Å². The van der Waals surface area contributed by atoms with Gasteiger partial charge in [0.2, 0.25) is 27.9 Å². The van der Waals surface area contributed by atoms with E-state index in [9.17, 15) is 70.5 Å². The van der Waals surface area contributed by atoms with Crippen LogP contribution in [0, 0.1) is 41.5 Å². The van der Waals surface area contributed by atoms with Crippen LogP contribution >= 0.6 is 0 Å². The van der Waals surface area contributed by atoms with Crippen LogP contribution < -0.4 is 31.3 Å². The van der Waals surface area contributed by atoms with Crippen molar-refractivity contribution in [1.82, 2.24) is 19.7 Å². The lowest BCUT2D eigenvalue weighted by atomic mass is 9.92. The van der Waals surface area contributed by atoms with Gasteiger partial charge < -0.3 is 35.9 Å². The molecule has 0 unspecified atom stereocenters. The highest BCUT2D eigenvalue weighted by Crippen LogP contribution is 2.46. The Morgan fingerprint density at radius 2 is 1.12 bits per heavy atom. The molecule has 1 aromatic heterocycles. The van der Waals surface area contributed by atoms with Crippen molar-refractivity contribution >= 4 is 96.4 Å². The van der Waals surface area contributed by atoms with Crippen LogP contribution in [0.25, 0.3) is 33.4 Å². The Labute approximate surface area is 466 Å². The molecule has 2 aliphatic carbocycles. The average molecular weight is 1220 g/mol. The summed E-state index contributed by atoms with van der Waals surface area (Å²) in [4.78, 5) is 14.3. The fourth-order valence-electron chi connectivity index (χ4n) is 10.2. The van der Waals surface area contributed by atoms with Gasteiger partial charge in [0, 0.05) is 65.1 Å². The number of rotatable bonds is 19. The van der Waals surface area contributed by atoms with Gasteiger partial charge in [0.1, 0.15) is 30.9 Å². The van der Waals surface area contributed by atoms with Gasteiger partial charge in [0.05, 0.1) is 34.8 Å². The van der Waals surface area contributed by atoms with E-state index in [-0.39, 0.29) is 117 Å². The largest absolute Gasteiger partial charge is 0.456 e. The molecule has 26 nitrogen and oxygen atoms in total. The second-order valence-electron chi connectivity index (χ2n) is 19.3. The summed E-state index contributed by atoms with van der Waals surface area (Å²) < 4.78 is 186. The Morgan fingerprint density at radius 3 is 1.69 bits per heavy atom. The molecule has 4 aromatic carbocycles. The number of benzene rings is 5. The lowest BCUT2D eigenvalue weighted by Gasteiger charge is -2.30. The second-order valence-corrected chi connectivity index (χ2v) is 26.5. The standard InChI is InChI=1S/C50H57N9O17S5/c1-25-19-27(3)46(80(70,71)72)29(5)44(25)54-36-23-38-34(21-41(36)78(64,65)66)43(35-22-42(79(67,68)69)37(24-39(35)76-38)55-45-26(2)20-28(4)47(30(45)6)81(73,74)75)33-9-7-8-10-40(33)77(62,63)59-32-13-11-31(12-14-32)53-50-57-48(51-15-17-60)56-49(58-50)52-16-18-61/h7-10,19-24,31-32,54,59-61H,11-18H2,1-6H3,(H,64,65,66)(H,67,68,69)(H,70,71,72)(H,73,74,75)(H3,51,52,53,56,57,58). The molecular formula is C50H57N9O17S5. The lowest BCUT2D eigenvalue weighted by Crippen LogP contribution is -2.40. The molecule has 0 saturated heterocycles. The third kappa shape index (κ3) is 13.0. The molecule has 1 saturated carbocycles. The highest BCUT2D eigenvalue weighted by Gasteiger charge is 2.33. The van der Waals surface area contributed by atoms with Crippen molar-refractivity contribution in [2.45, 2.75) is 104 Å². The van der Waals surface area contributed by atoms with Crippen LogP contribution in [0.2, 0.25) is 0 Å². The maximum absolute atomic E-state index is 14.9. The van der Waals surface area contributed by atoms with Gasteiger partial charge in [-0.1, -0.05) is 30.3 Å². The average Bonchev–Trinajstić information content (AvgIpc) is 3.56. The maximum Gasteiger partial charge on any atom is 0.296 e. The topological polar surface area (TPSA) is 416 Å². The number of anilines is 5. The van der Waals surface area contributed by atoms with Crippen molar-refractivity contribution < 1.29 is 74.9 Å². The minimum absolute atomic E-state index is 0.00939. The third-order valence-electron chi connectivity index (χ3n) is 13.5. The number of aliphatic hydroxyl groups excluding tert-OH is 2. The van der Waals surface area contributed by atoms with Gasteiger partial charge in [-0.3, -0.25) is 18.2 Å². The molecule has 0 atom stereocenters. The minimum Gasteiger partial charge on any atom is -0.456 e. The van der Waals surface area contributed by atoms with E-state index in [0.717, 1.165) is 24.3 Å². The monoisotopic (exact) mass is 1220 g/mol. The summed E-state index contributed by atoms with van der Waals surface area (Å²) in [6, 6.07) is 11.3. The Balaban J connectivity index is 1.32. The van der Waals surface area contributed by atoms with E-state index in [1.165, 1.54) is 71.0 Å². The van der Waals surface area contributed by atoms with E-state index in [1.54, 1.807) is 6.92 Å². The van der Waals surface area contributed by atoms with E-state index in [1.807, 2.05) is 0 Å². The summed E-state index contributed by atoms with van der Waals surface area (Å²) in [5.41, 5.74) is -0.629. The van der Waals surface area contributed by atoms with E-state index in [2.05, 4.69) is 45.9 Å². The first-order valence-corrected chi connectivity index (χ1v) is 31.9. The SMILES string of the molecule is Cc1cc(C)c(S(=O)(=O)O)c(C)c1N=c1cc2oc3cc(Nc4c(C)cc(C)c(S(=O)(=O)O)c4C)c(S(=O)(=O)O)cc3c(-c3ccccc3S(=O)(=O)NC3CCC(Nc4nc(NCCO)nc(NCCO)n4)CC3)c-2cc1S(=O)(=O)O. The molecule has 0 radical (unpaired) electrons. The number of aromatic nitrogens is 3. The molecule has 2 heterocycles. The summed E-state index contributed by atoms with van der Waals surface area (Å²) in [6.07, 6.45) is 1.40. The first-order valence-electron chi connectivity index (χ1n) is 24.7. The van der Waals surface area contributed by atoms with Crippen molar-refractivity contribution in [1.29, 1.82) is 0 Å². The van der Waals surface area contributed by atoms with Gasteiger partial charge in [-0.25, -0.2) is 18.1 Å². The highest BCUT2D eigenvalue weighted by atomic mass is 32.2. The fourth-order valence-corrected chi connectivity index (χ4v) is 14.9. The fraction of sp³-hybridized carbons (Fsp3) is 0.320. The van der Waals surface area contributed by atoms with E-state index < -0.39 is 92.1 Å². The Hall–Kier alpha value is -6.75. The first kappa shape index (κ1) is 60.3. The number of hydrogen-bond acceptors (Lipinski definition) is 21. The number of sulfonamides is 1. The summed E-state index contributed by atoms with van der Waals surface area (Å²) in [5, 5.41) is 29.7. The van der Waals surface area contributed by atoms with Crippen molar-refractivity contribution in [3.8, 4) is 22.5 Å².